The molecular weight excluding hydrogens is 484 g/mol. The van der Waals surface area contributed by atoms with Crippen molar-refractivity contribution >= 4 is 62.7 Å². The maximum atomic E-state index is 12.1. The van der Waals surface area contributed by atoms with Crippen LogP contribution >= 0.6 is 45.2 Å². The van der Waals surface area contributed by atoms with E-state index in [1.165, 1.54) is 6.07 Å². The lowest BCUT2D eigenvalue weighted by Crippen LogP contribution is -2.14. The fourth-order valence-corrected chi connectivity index (χ4v) is 2.81. The molecule has 1 amide bonds. The van der Waals surface area contributed by atoms with E-state index >= 15 is 0 Å². The highest BCUT2D eigenvalue weighted by atomic mass is 127. The zero-order valence-electron chi connectivity index (χ0n) is 10.1. The van der Waals surface area contributed by atoms with E-state index in [-0.39, 0.29) is 11.5 Å². The van der Waals surface area contributed by atoms with Gasteiger partial charge in [0.15, 0.2) is 0 Å². The molecular formula is C14H9I2NO3. The van der Waals surface area contributed by atoms with E-state index in [0.29, 0.717) is 14.8 Å². The zero-order valence-corrected chi connectivity index (χ0v) is 14.4. The van der Waals surface area contributed by atoms with Crippen molar-refractivity contribution in [1.82, 2.24) is 0 Å². The normalized spacial score (nSPS) is 10.1. The molecule has 0 aliphatic carbocycles. The fraction of sp³-hybridized carbons (Fsp3) is 0. The maximum absolute atomic E-state index is 12.1. The molecule has 0 aliphatic rings. The van der Waals surface area contributed by atoms with Crippen LogP contribution in [0.1, 0.15) is 20.7 Å². The van der Waals surface area contributed by atoms with Crippen LogP contribution in [0.4, 0.5) is 5.69 Å². The molecule has 0 bridgehead atoms. The molecule has 0 heterocycles. The fourth-order valence-electron chi connectivity index (χ4n) is 1.61. The predicted molar refractivity (Wildman–Crippen MR) is 93.2 cm³/mol. The minimum absolute atomic E-state index is 0.172. The number of aromatic carboxylic acids is 1. The average Bonchev–Trinajstić information content (AvgIpc) is 2.41. The number of carbonyl (C=O) groups excluding carboxylic acids is 1. The first-order chi connectivity index (χ1) is 9.49. The van der Waals surface area contributed by atoms with E-state index in [1.54, 1.807) is 24.3 Å². The number of rotatable bonds is 3. The molecule has 0 unspecified atom stereocenters. The number of halogens is 2. The number of carboxylic acid groups (broad SMARTS) is 1. The molecule has 0 aromatic heterocycles. The summed E-state index contributed by atoms with van der Waals surface area (Å²) >= 11 is 4.03. The number of carbonyl (C=O) groups is 2. The van der Waals surface area contributed by atoms with Crippen LogP contribution in [-0.4, -0.2) is 17.0 Å². The first-order valence-corrected chi connectivity index (χ1v) is 7.73. The van der Waals surface area contributed by atoms with Crippen molar-refractivity contribution in [2.24, 2.45) is 0 Å². The van der Waals surface area contributed by atoms with Crippen molar-refractivity contribution < 1.29 is 14.7 Å². The standard InChI is InChI=1S/C14H9I2NO3/c15-11-4-2-1-3-9(11)13(18)17-8-5-6-12(16)10(7-8)14(19)20/h1-7H,(H,17,18)(H,19,20). The summed E-state index contributed by atoms with van der Waals surface area (Å²) in [6, 6.07) is 12.0. The SMILES string of the molecule is O=C(O)c1cc(NC(=O)c2ccccc2I)ccc1I. The Kier molecular flexibility index (Phi) is 4.97. The largest absolute Gasteiger partial charge is 0.478 e. The van der Waals surface area contributed by atoms with E-state index in [9.17, 15) is 9.59 Å². The topological polar surface area (TPSA) is 66.4 Å². The molecule has 2 N–H and O–H groups in total. The quantitative estimate of drug-likeness (QED) is 0.640. The van der Waals surface area contributed by atoms with Crippen molar-refractivity contribution in [1.29, 1.82) is 0 Å². The van der Waals surface area contributed by atoms with Gasteiger partial charge in [-0.25, -0.2) is 4.79 Å². The summed E-state index contributed by atoms with van der Waals surface area (Å²) in [5.74, 6) is -1.27. The lowest BCUT2D eigenvalue weighted by atomic mass is 10.2. The van der Waals surface area contributed by atoms with Crippen molar-refractivity contribution in [2.75, 3.05) is 5.32 Å². The summed E-state index contributed by atoms with van der Waals surface area (Å²) in [5.41, 5.74) is 1.20. The number of benzene rings is 2. The first kappa shape index (κ1) is 15.2. The van der Waals surface area contributed by atoms with Gasteiger partial charge in [0.05, 0.1) is 11.1 Å². The molecule has 6 heteroatoms. The van der Waals surface area contributed by atoms with Crippen molar-refractivity contribution in [2.45, 2.75) is 0 Å². The summed E-state index contributed by atoms with van der Waals surface area (Å²) in [6.07, 6.45) is 0. The molecule has 2 rings (SSSR count). The smallest absolute Gasteiger partial charge is 0.336 e. The Morgan fingerprint density at radius 3 is 2.25 bits per heavy atom. The molecule has 102 valence electrons. The minimum atomic E-state index is -1.01. The third-order valence-corrected chi connectivity index (χ3v) is 4.45. The average molecular weight is 493 g/mol. The molecule has 0 spiro atoms. The highest BCUT2D eigenvalue weighted by molar-refractivity contribution is 14.1. The molecule has 0 radical (unpaired) electrons. The van der Waals surface area contributed by atoms with Crippen LogP contribution in [0.15, 0.2) is 42.5 Å². The van der Waals surface area contributed by atoms with Crippen LogP contribution in [0, 0.1) is 7.14 Å². The third-order valence-electron chi connectivity index (χ3n) is 2.57. The van der Waals surface area contributed by atoms with Gasteiger partial charge in [0.2, 0.25) is 0 Å². The third kappa shape index (κ3) is 3.48. The van der Waals surface area contributed by atoms with Crippen molar-refractivity contribution in [3.8, 4) is 0 Å². The van der Waals surface area contributed by atoms with Gasteiger partial charge in [-0.05, 0) is 75.5 Å². The Morgan fingerprint density at radius 1 is 0.950 bits per heavy atom. The lowest BCUT2D eigenvalue weighted by Gasteiger charge is -2.08. The van der Waals surface area contributed by atoms with E-state index in [1.807, 2.05) is 34.7 Å². The van der Waals surface area contributed by atoms with Crippen molar-refractivity contribution in [3.05, 3.63) is 60.7 Å². The first-order valence-electron chi connectivity index (χ1n) is 5.58. The van der Waals surface area contributed by atoms with E-state index in [0.717, 1.165) is 3.57 Å². The van der Waals surface area contributed by atoms with E-state index in [2.05, 4.69) is 27.9 Å². The van der Waals surface area contributed by atoms with Gasteiger partial charge in [0.25, 0.3) is 5.91 Å². The summed E-state index contributed by atoms with van der Waals surface area (Å²) in [4.78, 5) is 23.2. The van der Waals surface area contributed by atoms with Gasteiger partial charge < -0.3 is 10.4 Å². The summed E-state index contributed by atoms with van der Waals surface area (Å²) in [6.45, 7) is 0. The highest BCUT2D eigenvalue weighted by Crippen LogP contribution is 2.19. The van der Waals surface area contributed by atoms with Gasteiger partial charge in [-0.3, -0.25) is 4.79 Å². The number of hydrogen-bond donors (Lipinski definition) is 2. The van der Waals surface area contributed by atoms with Gasteiger partial charge in [0, 0.05) is 12.8 Å². The molecule has 0 saturated carbocycles. The second-order valence-corrected chi connectivity index (χ2v) is 6.26. The van der Waals surface area contributed by atoms with Gasteiger partial charge in [-0.15, -0.1) is 0 Å². The molecule has 2 aromatic rings. The molecule has 0 atom stereocenters. The Hall–Kier alpha value is -1.16. The zero-order chi connectivity index (χ0) is 14.7. The van der Waals surface area contributed by atoms with Crippen LogP contribution < -0.4 is 5.32 Å². The predicted octanol–water partition coefficient (Wildman–Crippen LogP) is 3.85. The number of anilines is 1. The molecule has 0 fully saturated rings. The Bertz CT molecular complexity index is 686. The number of hydrogen-bond acceptors (Lipinski definition) is 2. The summed E-state index contributed by atoms with van der Waals surface area (Å²) in [7, 11) is 0. The Labute approximate surface area is 142 Å². The van der Waals surface area contributed by atoms with Crippen LogP contribution in [0.5, 0.6) is 0 Å². The van der Waals surface area contributed by atoms with E-state index < -0.39 is 5.97 Å². The van der Waals surface area contributed by atoms with Crippen LogP contribution in [0.3, 0.4) is 0 Å². The summed E-state index contributed by atoms with van der Waals surface area (Å²) < 4.78 is 1.47. The Morgan fingerprint density at radius 2 is 1.60 bits per heavy atom. The number of carboxylic acids is 1. The van der Waals surface area contributed by atoms with Crippen molar-refractivity contribution in [3.63, 3.8) is 0 Å². The monoisotopic (exact) mass is 493 g/mol. The Balaban J connectivity index is 2.27. The van der Waals surface area contributed by atoms with E-state index in [4.69, 9.17) is 5.11 Å². The second-order valence-electron chi connectivity index (χ2n) is 3.93. The molecule has 20 heavy (non-hydrogen) atoms. The van der Waals surface area contributed by atoms with Gasteiger partial charge in [-0.2, -0.15) is 0 Å². The van der Waals surface area contributed by atoms with Gasteiger partial charge in [-0.1, -0.05) is 12.1 Å². The number of amides is 1. The van der Waals surface area contributed by atoms with Gasteiger partial charge >= 0.3 is 5.97 Å². The number of nitrogens with one attached hydrogen (secondary N) is 1. The maximum Gasteiger partial charge on any atom is 0.336 e. The molecule has 4 nitrogen and oxygen atoms in total. The molecule has 0 saturated heterocycles. The van der Waals surface area contributed by atoms with Crippen LogP contribution in [0.25, 0.3) is 0 Å². The molecule has 0 aliphatic heterocycles. The molecule has 2 aromatic carbocycles. The lowest BCUT2D eigenvalue weighted by molar-refractivity contribution is 0.0695. The van der Waals surface area contributed by atoms with Gasteiger partial charge in [0.1, 0.15) is 0 Å². The minimum Gasteiger partial charge on any atom is -0.478 e. The van der Waals surface area contributed by atoms with Crippen LogP contribution in [0.2, 0.25) is 0 Å². The highest BCUT2D eigenvalue weighted by Gasteiger charge is 2.12. The summed E-state index contributed by atoms with van der Waals surface area (Å²) in [5, 5.41) is 11.8. The van der Waals surface area contributed by atoms with Crippen LogP contribution in [-0.2, 0) is 0 Å². The second kappa shape index (κ2) is 6.53.